The van der Waals surface area contributed by atoms with Crippen LogP contribution in [0.4, 0.5) is 0 Å². The third-order valence-electron chi connectivity index (χ3n) is 12.5. The van der Waals surface area contributed by atoms with Gasteiger partial charge in [0, 0.05) is 19.3 Å². The van der Waals surface area contributed by atoms with Crippen LogP contribution < -0.4 is 0 Å². The topological polar surface area (TPSA) is 78.9 Å². The second-order valence-electron chi connectivity index (χ2n) is 19.5. The number of carbonyl (C=O) groups is 3. The zero-order valence-electron chi connectivity index (χ0n) is 46.5. The van der Waals surface area contributed by atoms with Gasteiger partial charge in [-0.3, -0.25) is 14.4 Å². The molecule has 0 amide bonds. The van der Waals surface area contributed by atoms with E-state index in [4.69, 9.17) is 14.2 Å². The second kappa shape index (κ2) is 58.9. The smallest absolute Gasteiger partial charge is 0.306 e. The van der Waals surface area contributed by atoms with Crippen molar-refractivity contribution in [3.63, 3.8) is 0 Å². The predicted molar refractivity (Wildman–Crippen MR) is 307 cm³/mol. The zero-order chi connectivity index (χ0) is 51.4. The first kappa shape index (κ1) is 67.3. The zero-order valence-corrected chi connectivity index (χ0v) is 46.5. The molecule has 0 radical (unpaired) electrons. The number of allylic oxidation sites excluding steroid dienone is 16. The minimum atomic E-state index is -0.799. The summed E-state index contributed by atoms with van der Waals surface area (Å²) in [5.41, 5.74) is 0. The molecule has 0 aromatic rings. The Balaban J connectivity index is 4.46. The first-order valence-corrected chi connectivity index (χ1v) is 29.7. The van der Waals surface area contributed by atoms with Gasteiger partial charge in [0.15, 0.2) is 6.10 Å². The summed E-state index contributed by atoms with van der Waals surface area (Å²) < 4.78 is 16.9. The van der Waals surface area contributed by atoms with Gasteiger partial charge in [-0.25, -0.2) is 0 Å². The maximum absolute atomic E-state index is 12.9. The van der Waals surface area contributed by atoms with Crippen LogP contribution in [0.1, 0.15) is 278 Å². The van der Waals surface area contributed by atoms with E-state index in [-0.39, 0.29) is 31.1 Å². The molecule has 0 heterocycles. The van der Waals surface area contributed by atoms with Gasteiger partial charge in [-0.2, -0.15) is 0 Å². The quantitative estimate of drug-likeness (QED) is 0.0261. The highest BCUT2D eigenvalue weighted by Crippen LogP contribution is 2.15. The Labute approximate surface area is 438 Å². The van der Waals surface area contributed by atoms with E-state index >= 15 is 0 Å². The molecule has 0 N–H and O–H groups in total. The van der Waals surface area contributed by atoms with Crippen molar-refractivity contribution < 1.29 is 28.6 Å². The van der Waals surface area contributed by atoms with Crippen molar-refractivity contribution in [2.75, 3.05) is 13.2 Å². The predicted octanol–water partition coefficient (Wildman–Crippen LogP) is 20.1. The van der Waals surface area contributed by atoms with Crippen molar-refractivity contribution >= 4 is 17.9 Å². The van der Waals surface area contributed by atoms with E-state index in [1.807, 2.05) is 0 Å². The van der Waals surface area contributed by atoms with E-state index in [2.05, 4.69) is 118 Å². The average Bonchev–Trinajstić information content (AvgIpc) is 3.37. The monoisotopic (exact) mass is 987 g/mol. The van der Waals surface area contributed by atoms with Gasteiger partial charge in [-0.15, -0.1) is 0 Å². The summed E-state index contributed by atoms with van der Waals surface area (Å²) in [6.45, 7) is 6.47. The van der Waals surface area contributed by atoms with E-state index in [1.165, 1.54) is 128 Å². The van der Waals surface area contributed by atoms with Crippen LogP contribution >= 0.6 is 0 Å². The Bertz CT molecular complexity index is 1410. The van der Waals surface area contributed by atoms with E-state index in [1.54, 1.807) is 0 Å². The highest BCUT2D eigenvalue weighted by atomic mass is 16.6. The molecule has 1 atom stereocenters. The summed E-state index contributed by atoms with van der Waals surface area (Å²) in [5.74, 6) is -0.934. The van der Waals surface area contributed by atoms with Gasteiger partial charge >= 0.3 is 17.9 Å². The number of ether oxygens (including phenoxy) is 3. The van der Waals surface area contributed by atoms with E-state index < -0.39 is 6.10 Å². The molecule has 71 heavy (non-hydrogen) atoms. The second-order valence-corrected chi connectivity index (χ2v) is 19.5. The Morgan fingerprint density at radius 3 is 0.915 bits per heavy atom. The lowest BCUT2D eigenvalue weighted by Crippen LogP contribution is -2.30. The molecule has 0 aromatic carbocycles. The van der Waals surface area contributed by atoms with Crippen LogP contribution in [0.5, 0.6) is 0 Å². The van der Waals surface area contributed by atoms with Crippen LogP contribution in [0.2, 0.25) is 0 Å². The normalized spacial score (nSPS) is 12.8. The Kier molecular flexibility index (Phi) is 55.9. The first-order chi connectivity index (χ1) is 35.0. The molecule has 0 aliphatic carbocycles. The van der Waals surface area contributed by atoms with Crippen molar-refractivity contribution in [3.8, 4) is 0 Å². The van der Waals surface area contributed by atoms with Crippen LogP contribution in [0, 0.1) is 0 Å². The molecule has 1 unspecified atom stereocenters. The van der Waals surface area contributed by atoms with Gasteiger partial charge in [0.2, 0.25) is 0 Å². The van der Waals surface area contributed by atoms with E-state index in [0.717, 1.165) is 109 Å². The van der Waals surface area contributed by atoms with E-state index in [0.29, 0.717) is 19.3 Å². The van der Waals surface area contributed by atoms with Crippen LogP contribution in [0.15, 0.2) is 97.2 Å². The molecule has 0 aliphatic rings. The number of hydrogen-bond acceptors (Lipinski definition) is 6. The van der Waals surface area contributed by atoms with Crippen LogP contribution in [0.25, 0.3) is 0 Å². The van der Waals surface area contributed by atoms with Crippen LogP contribution in [-0.2, 0) is 28.6 Å². The van der Waals surface area contributed by atoms with Gasteiger partial charge < -0.3 is 14.2 Å². The summed E-state index contributed by atoms with van der Waals surface area (Å²) in [6, 6.07) is 0. The summed E-state index contributed by atoms with van der Waals surface area (Å²) in [5, 5.41) is 0. The molecular weight excluding hydrogens is 877 g/mol. The van der Waals surface area contributed by atoms with Gasteiger partial charge in [0.05, 0.1) is 0 Å². The minimum Gasteiger partial charge on any atom is -0.462 e. The number of rotatable bonds is 53. The van der Waals surface area contributed by atoms with Crippen molar-refractivity contribution in [1.82, 2.24) is 0 Å². The Hall–Kier alpha value is -3.67. The molecule has 0 aromatic heterocycles. The van der Waals surface area contributed by atoms with Crippen molar-refractivity contribution in [1.29, 1.82) is 0 Å². The lowest BCUT2D eigenvalue weighted by Gasteiger charge is -2.18. The Morgan fingerprint density at radius 2 is 0.549 bits per heavy atom. The SMILES string of the molecule is CC/C=C\C/C=C\C/C=C\C/C=C\C/C=C\CCCCCC(=O)OCC(COC(=O)CCCCCCC/C=C\CCCCCCCC)OC(=O)CCCCCCCCCCC/C=C\C/C=C\CCCCC. The lowest BCUT2D eigenvalue weighted by molar-refractivity contribution is -0.167. The summed E-state index contributed by atoms with van der Waals surface area (Å²) in [6.07, 6.45) is 78.2. The Morgan fingerprint density at radius 1 is 0.296 bits per heavy atom. The average molecular weight is 988 g/mol. The summed E-state index contributed by atoms with van der Waals surface area (Å²) in [7, 11) is 0. The number of unbranched alkanes of at least 4 members (excludes halogenated alkanes) is 26. The van der Waals surface area contributed by atoms with Crippen molar-refractivity contribution in [2.45, 2.75) is 284 Å². The third kappa shape index (κ3) is 57.1. The molecule has 0 spiro atoms. The van der Waals surface area contributed by atoms with Crippen LogP contribution in [0.3, 0.4) is 0 Å². The minimum absolute atomic E-state index is 0.0942. The number of hydrogen-bond donors (Lipinski definition) is 0. The van der Waals surface area contributed by atoms with Gasteiger partial charge in [-0.1, -0.05) is 234 Å². The third-order valence-corrected chi connectivity index (χ3v) is 12.5. The molecule has 6 nitrogen and oxygen atoms in total. The molecular formula is C65H110O6. The molecule has 0 aliphatic heterocycles. The van der Waals surface area contributed by atoms with Gasteiger partial charge in [0.1, 0.15) is 13.2 Å². The first-order valence-electron chi connectivity index (χ1n) is 29.7. The molecule has 0 rings (SSSR count). The standard InChI is InChI=1S/C65H110O6/c1-4-7-10-13-16-19-22-25-28-30-32-34-37-40-43-46-49-52-55-58-64(67)70-61-62(60-69-63(66)57-54-51-48-45-42-39-36-27-24-21-18-15-12-9-6-3)71-65(68)59-56-53-50-47-44-41-38-35-33-31-29-26-23-20-17-14-11-8-5-2/h7,10,16-17,19-20,25-29,32,34,36,40,43,62H,4-6,8-9,11-15,18,21-24,30-31,33,35,37-39,41-42,44-61H2,1-3H3/b10-7-,19-16-,20-17-,28-25-,29-26-,34-32-,36-27-,43-40-. The maximum Gasteiger partial charge on any atom is 0.306 e. The molecule has 0 saturated carbocycles. The molecule has 0 bridgehead atoms. The highest BCUT2D eigenvalue weighted by molar-refractivity contribution is 5.71. The van der Waals surface area contributed by atoms with Crippen LogP contribution in [-0.4, -0.2) is 37.2 Å². The van der Waals surface area contributed by atoms with Crippen molar-refractivity contribution in [3.05, 3.63) is 97.2 Å². The maximum atomic E-state index is 12.9. The number of esters is 3. The van der Waals surface area contributed by atoms with Gasteiger partial charge in [-0.05, 0) is 122 Å². The van der Waals surface area contributed by atoms with E-state index in [9.17, 15) is 14.4 Å². The highest BCUT2D eigenvalue weighted by Gasteiger charge is 2.19. The summed E-state index contributed by atoms with van der Waals surface area (Å²) >= 11 is 0. The molecule has 6 heteroatoms. The largest absolute Gasteiger partial charge is 0.462 e. The molecule has 0 fully saturated rings. The van der Waals surface area contributed by atoms with Gasteiger partial charge in [0.25, 0.3) is 0 Å². The summed E-state index contributed by atoms with van der Waals surface area (Å²) in [4.78, 5) is 38.2. The fraction of sp³-hybridized carbons (Fsp3) is 0.708. The molecule has 0 saturated heterocycles. The fourth-order valence-electron chi connectivity index (χ4n) is 8.08. The van der Waals surface area contributed by atoms with Crippen molar-refractivity contribution in [2.24, 2.45) is 0 Å². The fourth-order valence-corrected chi connectivity index (χ4v) is 8.08. The number of carbonyl (C=O) groups excluding carboxylic acids is 3. The lowest BCUT2D eigenvalue weighted by atomic mass is 10.1. The molecule has 406 valence electrons.